The zero-order chi connectivity index (χ0) is 18.4. The molecule has 1 aromatic carbocycles. The van der Waals surface area contributed by atoms with Crippen LogP contribution in [0.25, 0.3) is 16.8 Å². The van der Waals surface area contributed by atoms with Crippen molar-refractivity contribution in [3.8, 4) is 11.1 Å². The summed E-state index contributed by atoms with van der Waals surface area (Å²) in [5.74, 6) is 0.229. The van der Waals surface area contributed by atoms with Crippen molar-refractivity contribution in [1.29, 1.82) is 0 Å². The number of oxime groups is 1. The van der Waals surface area contributed by atoms with E-state index in [4.69, 9.17) is 16.4 Å². The Balaban J connectivity index is 0.00000192. The first-order valence-electron chi connectivity index (χ1n) is 8.09. The zero-order valence-electron chi connectivity index (χ0n) is 14.2. The van der Waals surface area contributed by atoms with Crippen LogP contribution >= 0.6 is 24.0 Å². The fourth-order valence-corrected chi connectivity index (χ4v) is 3.23. The van der Waals surface area contributed by atoms with Gasteiger partial charge in [-0.05, 0) is 30.3 Å². The number of imidazole rings is 1. The van der Waals surface area contributed by atoms with E-state index in [1.54, 1.807) is 29.4 Å². The van der Waals surface area contributed by atoms with Gasteiger partial charge in [0.1, 0.15) is 23.6 Å². The van der Waals surface area contributed by atoms with Gasteiger partial charge >= 0.3 is 0 Å². The van der Waals surface area contributed by atoms with Crippen LogP contribution in [0.2, 0.25) is 5.02 Å². The van der Waals surface area contributed by atoms with E-state index in [1.807, 2.05) is 28.9 Å². The minimum atomic E-state index is -0.750. The number of aromatic amines is 1. The molecule has 0 saturated heterocycles. The lowest BCUT2D eigenvalue weighted by molar-refractivity contribution is 0.0837. The number of hydrogen-bond acceptors (Lipinski definition) is 5. The van der Waals surface area contributed by atoms with Crippen molar-refractivity contribution < 1.29 is 9.23 Å². The summed E-state index contributed by atoms with van der Waals surface area (Å²) in [6, 6.07) is 8.32. The van der Waals surface area contributed by atoms with Crippen LogP contribution in [0, 0.1) is 5.82 Å². The van der Waals surface area contributed by atoms with Gasteiger partial charge in [0.25, 0.3) is 0 Å². The SMILES string of the molecule is Cl.Fc1cc(Cl)ccc1C1ON=CN1c1cnc2ccc(-c3cn[nH]c3)cn12. The molecule has 1 aliphatic rings. The molecule has 0 saturated carbocycles. The van der Waals surface area contributed by atoms with Crippen molar-refractivity contribution in [1.82, 2.24) is 19.6 Å². The fraction of sp³-hybridized carbons (Fsp3) is 0.0556. The maximum absolute atomic E-state index is 14.4. The molecule has 3 aromatic heterocycles. The summed E-state index contributed by atoms with van der Waals surface area (Å²) in [7, 11) is 0. The van der Waals surface area contributed by atoms with E-state index < -0.39 is 12.0 Å². The highest BCUT2D eigenvalue weighted by Gasteiger charge is 2.30. The van der Waals surface area contributed by atoms with E-state index in [1.165, 1.54) is 12.4 Å². The number of nitrogens with zero attached hydrogens (tertiary/aromatic N) is 5. The average molecular weight is 419 g/mol. The average Bonchev–Trinajstić information content (AvgIpc) is 3.41. The Labute approximate surface area is 169 Å². The Morgan fingerprint density at radius 1 is 1.14 bits per heavy atom. The lowest BCUT2D eigenvalue weighted by Gasteiger charge is -2.22. The third kappa shape index (κ3) is 2.96. The minimum absolute atomic E-state index is 0. The van der Waals surface area contributed by atoms with Crippen LogP contribution < -0.4 is 4.90 Å². The standard InChI is InChI=1S/C18H12ClFN6O.ClH/c19-13-2-3-14(15(20)5-13)18-26(10-24-27-18)17-8-21-16-4-1-11(9-25(16)17)12-6-22-23-7-12;/h1-10,18H,(H,22,23);1H. The summed E-state index contributed by atoms with van der Waals surface area (Å²) >= 11 is 5.86. The van der Waals surface area contributed by atoms with Crippen molar-refractivity contribution in [2.45, 2.75) is 6.23 Å². The Hall–Kier alpha value is -3.10. The number of fused-ring (bicyclic) bond motifs is 1. The molecule has 7 nitrogen and oxygen atoms in total. The number of benzene rings is 1. The molecule has 142 valence electrons. The van der Waals surface area contributed by atoms with Gasteiger partial charge in [-0.1, -0.05) is 16.8 Å². The first-order valence-corrected chi connectivity index (χ1v) is 8.47. The first-order chi connectivity index (χ1) is 13.2. The van der Waals surface area contributed by atoms with Crippen molar-refractivity contribution in [3.05, 3.63) is 71.5 Å². The number of aromatic nitrogens is 4. The van der Waals surface area contributed by atoms with Crippen LogP contribution in [0.15, 0.2) is 60.3 Å². The lowest BCUT2D eigenvalue weighted by Crippen LogP contribution is -2.25. The number of rotatable bonds is 3. The number of pyridine rings is 1. The Bertz CT molecular complexity index is 1160. The molecule has 1 atom stereocenters. The summed E-state index contributed by atoms with van der Waals surface area (Å²) in [6.07, 6.45) is 7.93. The summed E-state index contributed by atoms with van der Waals surface area (Å²) in [6.45, 7) is 0. The topological polar surface area (TPSA) is 70.8 Å². The molecule has 0 radical (unpaired) electrons. The molecular formula is C18H13Cl2FN6O. The number of hydrogen-bond donors (Lipinski definition) is 1. The van der Waals surface area contributed by atoms with Gasteiger partial charge in [-0.25, -0.2) is 9.37 Å². The maximum atomic E-state index is 14.4. The monoisotopic (exact) mass is 418 g/mol. The molecule has 4 heterocycles. The van der Waals surface area contributed by atoms with Crippen LogP contribution in [0.3, 0.4) is 0 Å². The zero-order valence-corrected chi connectivity index (χ0v) is 15.7. The second-order valence-corrected chi connectivity index (χ2v) is 6.44. The van der Waals surface area contributed by atoms with E-state index in [0.29, 0.717) is 16.4 Å². The smallest absolute Gasteiger partial charge is 0.235 e. The molecule has 1 N–H and O–H groups in total. The molecule has 0 bridgehead atoms. The Morgan fingerprint density at radius 3 is 2.82 bits per heavy atom. The maximum Gasteiger partial charge on any atom is 0.235 e. The Kier molecular flexibility index (Phi) is 4.66. The van der Waals surface area contributed by atoms with Crippen LogP contribution in [0.1, 0.15) is 11.8 Å². The Morgan fingerprint density at radius 2 is 2.04 bits per heavy atom. The predicted molar refractivity (Wildman–Crippen MR) is 106 cm³/mol. The second kappa shape index (κ2) is 7.14. The van der Waals surface area contributed by atoms with Gasteiger partial charge in [0.15, 0.2) is 0 Å². The normalized spacial score (nSPS) is 15.6. The molecule has 1 aliphatic heterocycles. The van der Waals surface area contributed by atoms with Gasteiger partial charge in [-0.2, -0.15) is 5.10 Å². The molecule has 0 amide bonds. The number of nitrogens with one attached hydrogen (secondary N) is 1. The molecule has 0 aliphatic carbocycles. The third-order valence-electron chi connectivity index (χ3n) is 4.40. The molecular weight excluding hydrogens is 406 g/mol. The van der Waals surface area contributed by atoms with Gasteiger partial charge in [0.05, 0.1) is 18.0 Å². The van der Waals surface area contributed by atoms with Crippen LogP contribution in [-0.4, -0.2) is 25.9 Å². The van der Waals surface area contributed by atoms with Gasteiger partial charge in [0.2, 0.25) is 6.23 Å². The highest BCUT2D eigenvalue weighted by atomic mass is 35.5. The molecule has 10 heteroatoms. The van der Waals surface area contributed by atoms with Gasteiger partial charge in [0, 0.05) is 28.5 Å². The van der Waals surface area contributed by atoms with Gasteiger partial charge in [-0.3, -0.25) is 14.4 Å². The lowest BCUT2D eigenvalue weighted by atomic mass is 10.1. The third-order valence-corrected chi connectivity index (χ3v) is 4.63. The molecule has 0 fully saturated rings. The van der Waals surface area contributed by atoms with E-state index in [-0.39, 0.29) is 12.4 Å². The van der Waals surface area contributed by atoms with Crippen molar-refractivity contribution in [3.63, 3.8) is 0 Å². The van der Waals surface area contributed by atoms with Crippen LogP contribution in [-0.2, 0) is 4.84 Å². The first kappa shape index (κ1) is 18.3. The predicted octanol–water partition coefficient (Wildman–Crippen LogP) is 4.42. The summed E-state index contributed by atoms with van der Waals surface area (Å²) in [5.41, 5.74) is 2.98. The quantitative estimate of drug-likeness (QED) is 0.534. The molecule has 0 spiro atoms. The van der Waals surface area contributed by atoms with Crippen LogP contribution in [0.4, 0.5) is 10.2 Å². The van der Waals surface area contributed by atoms with E-state index in [2.05, 4.69) is 20.3 Å². The summed E-state index contributed by atoms with van der Waals surface area (Å²) in [4.78, 5) is 11.5. The van der Waals surface area contributed by atoms with Gasteiger partial charge in [-0.15, -0.1) is 12.4 Å². The largest absolute Gasteiger partial charge is 0.363 e. The summed E-state index contributed by atoms with van der Waals surface area (Å²) in [5, 5.41) is 11.0. The molecule has 28 heavy (non-hydrogen) atoms. The molecule has 4 aromatic rings. The fourth-order valence-electron chi connectivity index (χ4n) is 3.07. The van der Waals surface area contributed by atoms with Gasteiger partial charge < -0.3 is 4.84 Å². The van der Waals surface area contributed by atoms with E-state index in [0.717, 1.165) is 16.8 Å². The van der Waals surface area contributed by atoms with E-state index in [9.17, 15) is 4.39 Å². The molecule has 5 rings (SSSR count). The van der Waals surface area contributed by atoms with E-state index >= 15 is 0 Å². The highest BCUT2D eigenvalue weighted by molar-refractivity contribution is 6.30. The van der Waals surface area contributed by atoms with Crippen LogP contribution in [0.5, 0.6) is 0 Å². The number of anilines is 1. The van der Waals surface area contributed by atoms with Crippen molar-refractivity contribution in [2.24, 2.45) is 5.16 Å². The number of halogens is 3. The summed E-state index contributed by atoms with van der Waals surface area (Å²) < 4.78 is 16.3. The van der Waals surface area contributed by atoms with Crippen molar-refractivity contribution in [2.75, 3.05) is 4.90 Å². The minimum Gasteiger partial charge on any atom is -0.363 e. The highest BCUT2D eigenvalue weighted by Crippen LogP contribution is 2.34. The second-order valence-electron chi connectivity index (χ2n) is 6.00. The molecule has 1 unspecified atom stereocenters. The number of H-pyrrole nitrogens is 1. The van der Waals surface area contributed by atoms with Crippen molar-refractivity contribution >= 4 is 41.8 Å².